The molecule has 2 aliphatic rings. The smallest absolute Gasteiger partial charge is 0.276 e. The highest BCUT2D eigenvalue weighted by atomic mass is 16.5. The van der Waals surface area contributed by atoms with E-state index >= 15 is 0 Å². The maximum absolute atomic E-state index is 13.5. The zero-order chi connectivity index (χ0) is 27.4. The van der Waals surface area contributed by atoms with Crippen molar-refractivity contribution in [3.05, 3.63) is 84.4 Å². The summed E-state index contributed by atoms with van der Waals surface area (Å²) < 4.78 is 5.90. The van der Waals surface area contributed by atoms with E-state index in [4.69, 9.17) is 15.5 Å². The van der Waals surface area contributed by atoms with E-state index in [1.807, 2.05) is 43.3 Å². The van der Waals surface area contributed by atoms with E-state index in [0.29, 0.717) is 23.6 Å². The highest BCUT2D eigenvalue weighted by molar-refractivity contribution is 5.99. The predicted octanol–water partition coefficient (Wildman–Crippen LogP) is 4.52. The summed E-state index contributed by atoms with van der Waals surface area (Å²) in [6, 6.07) is 9.90. The molecule has 200 valence electrons. The third-order valence-corrected chi connectivity index (χ3v) is 6.83. The van der Waals surface area contributed by atoms with Gasteiger partial charge in [-0.25, -0.2) is 4.98 Å². The van der Waals surface area contributed by atoms with E-state index in [9.17, 15) is 4.79 Å². The first-order valence-electron chi connectivity index (χ1n) is 13.0. The lowest BCUT2D eigenvalue weighted by atomic mass is 9.98. The van der Waals surface area contributed by atoms with Crippen molar-refractivity contribution in [2.75, 3.05) is 31.2 Å². The number of ether oxygens (including phenoxy) is 1. The molecule has 0 aliphatic carbocycles. The van der Waals surface area contributed by atoms with E-state index in [-0.39, 0.29) is 29.8 Å². The molecule has 1 saturated heterocycles. The maximum Gasteiger partial charge on any atom is 0.276 e. The fourth-order valence-corrected chi connectivity index (χ4v) is 5.00. The summed E-state index contributed by atoms with van der Waals surface area (Å²) in [4.78, 5) is 20.4. The van der Waals surface area contributed by atoms with Crippen molar-refractivity contribution in [1.82, 2.24) is 20.5 Å². The SMILES string of the molecule is C=C/C1=C(\C=C/C)N2CCC(OC)C(C2)Nc2ccc(C(=C)NC(C)C)cc2-c2ccc(N)c(n2)C(=O)N1. The molecular weight excluding hydrogens is 476 g/mol. The van der Waals surface area contributed by atoms with Gasteiger partial charge in [-0.05, 0) is 69.2 Å². The minimum atomic E-state index is -0.389. The van der Waals surface area contributed by atoms with Gasteiger partial charge >= 0.3 is 0 Å². The van der Waals surface area contributed by atoms with Crippen molar-refractivity contribution >= 4 is 23.0 Å². The minimum Gasteiger partial charge on any atom is -0.397 e. The number of pyridine rings is 1. The van der Waals surface area contributed by atoms with Crippen molar-refractivity contribution in [2.24, 2.45) is 0 Å². The van der Waals surface area contributed by atoms with Crippen molar-refractivity contribution in [1.29, 1.82) is 0 Å². The third-order valence-electron chi connectivity index (χ3n) is 6.83. The number of anilines is 2. The molecule has 1 aromatic heterocycles. The Kier molecular flexibility index (Phi) is 8.22. The highest BCUT2D eigenvalue weighted by Gasteiger charge is 2.32. The molecule has 4 bridgehead atoms. The van der Waals surface area contributed by atoms with Crippen LogP contribution in [0.1, 0.15) is 43.2 Å². The molecule has 2 atom stereocenters. The maximum atomic E-state index is 13.5. The summed E-state index contributed by atoms with van der Waals surface area (Å²) in [5, 5.41) is 10.1. The number of nitrogens with two attached hydrogens (primary N) is 1. The quantitative estimate of drug-likeness (QED) is 0.449. The average Bonchev–Trinajstić information content (AvgIpc) is 2.90. The summed E-state index contributed by atoms with van der Waals surface area (Å²) in [5.41, 5.74) is 12.3. The van der Waals surface area contributed by atoms with Crippen molar-refractivity contribution in [2.45, 2.75) is 45.4 Å². The Morgan fingerprint density at radius 2 is 2.11 bits per heavy atom. The van der Waals surface area contributed by atoms with Crippen LogP contribution >= 0.6 is 0 Å². The minimum absolute atomic E-state index is 0.00467. The molecule has 8 nitrogen and oxygen atoms in total. The Morgan fingerprint density at radius 1 is 1.32 bits per heavy atom. The molecule has 2 aromatic rings. The average molecular weight is 515 g/mol. The van der Waals surface area contributed by atoms with Crippen molar-refractivity contribution in [3.63, 3.8) is 0 Å². The van der Waals surface area contributed by atoms with Gasteiger partial charge in [0.1, 0.15) is 0 Å². The molecule has 0 saturated carbocycles. The number of benzene rings is 1. The van der Waals surface area contributed by atoms with Gasteiger partial charge in [-0.15, -0.1) is 0 Å². The number of hydrogen-bond donors (Lipinski definition) is 4. The fraction of sp³-hybridized carbons (Fsp3) is 0.333. The predicted molar refractivity (Wildman–Crippen MR) is 155 cm³/mol. The number of nitrogen functional groups attached to an aromatic ring is 1. The van der Waals surface area contributed by atoms with Gasteiger partial charge < -0.3 is 31.3 Å². The van der Waals surface area contributed by atoms with Gasteiger partial charge in [-0.3, -0.25) is 4.79 Å². The molecule has 2 aliphatic heterocycles. The number of carbonyl (C=O) groups excluding carboxylic acids is 1. The van der Waals surface area contributed by atoms with E-state index in [1.54, 1.807) is 19.3 Å². The van der Waals surface area contributed by atoms with E-state index in [2.05, 4.69) is 47.9 Å². The molecule has 0 radical (unpaired) electrons. The number of nitrogens with one attached hydrogen (secondary N) is 3. The first kappa shape index (κ1) is 27.0. The van der Waals surface area contributed by atoms with Crippen LogP contribution < -0.4 is 21.7 Å². The van der Waals surface area contributed by atoms with Crippen LogP contribution in [0.15, 0.2) is 73.1 Å². The zero-order valence-corrected chi connectivity index (χ0v) is 22.7. The second-order valence-electron chi connectivity index (χ2n) is 9.89. The largest absolute Gasteiger partial charge is 0.397 e. The Bertz CT molecular complexity index is 1300. The van der Waals surface area contributed by atoms with Crippen molar-refractivity contribution < 1.29 is 9.53 Å². The van der Waals surface area contributed by atoms with E-state index in [0.717, 1.165) is 41.2 Å². The number of aromatic nitrogens is 1. The molecule has 4 rings (SSSR count). The summed E-state index contributed by atoms with van der Waals surface area (Å²) in [6.07, 6.45) is 6.42. The number of nitrogens with zero attached hydrogens (tertiary/aromatic N) is 2. The number of amides is 1. The van der Waals surface area contributed by atoms with Gasteiger partial charge in [0.25, 0.3) is 5.91 Å². The van der Waals surface area contributed by atoms with Crippen LogP contribution in [0.25, 0.3) is 17.0 Å². The first-order chi connectivity index (χ1) is 18.2. The van der Waals surface area contributed by atoms with Crippen LogP contribution in [-0.2, 0) is 4.74 Å². The summed E-state index contributed by atoms with van der Waals surface area (Å²) >= 11 is 0. The van der Waals surface area contributed by atoms with Gasteiger partial charge in [-0.2, -0.15) is 0 Å². The number of allylic oxidation sites excluding steroid dienone is 3. The number of fused-ring (bicyclic) bond motifs is 6. The lowest BCUT2D eigenvalue weighted by Crippen LogP contribution is -2.51. The zero-order valence-electron chi connectivity index (χ0n) is 22.7. The van der Waals surface area contributed by atoms with Crippen LogP contribution in [0.3, 0.4) is 0 Å². The molecule has 5 N–H and O–H groups in total. The van der Waals surface area contributed by atoms with Crippen LogP contribution in [-0.4, -0.2) is 54.2 Å². The topological polar surface area (TPSA) is 105 Å². The molecule has 1 fully saturated rings. The monoisotopic (exact) mass is 514 g/mol. The third kappa shape index (κ3) is 5.60. The molecule has 3 heterocycles. The van der Waals surface area contributed by atoms with Gasteiger partial charge in [-0.1, -0.05) is 25.3 Å². The van der Waals surface area contributed by atoms with Crippen LogP contribution in [0.4, 0.5) is 11.4 Å². The number of hydrogen-bond acceptors (Lipinski definition) is 7. The highest BCUT2D eigenvalue weighted by Crippen LogP contribution is 2.33. The van der Waals surface area contributed by atoms with Crippen LogP contribution in [0, 0.1) is 0 Å². The van der Waals surface area contributed by atoms with Gasteiger partial charge in [0.15, 0.2) is 5.69 Å². The standard InChI is InChI=1S/C30H38N6O2/c1-7-9-27-23(8-2)35-30(37)29-22(31)11-13-25(34-29)21-16-20(19(5)32-18(3)4)10-12-24(21)33-26-17-36(27)15-14-28(26)38-6/h7-13,16,18,26,28,32-33H,2,5,14-15,17,31H2,1,3-4,6H3,(H,35,37)/b9-7-,27-23-. The molecule has 8 heteroatoms. The Hall–Kier alpha value is -4.04. The number of piperidine rings is 1. The van der Waals surface area contributed by atoms with Gasteiger partial charge in [0, 0.05) is 43.2 Å². The number of methoxy groups -OCH3 is 1. The van der Waals surface area contributed by atoms with Crippen LogP contribution in [0.2, 0.25) is 0 Å². The molecule has 1 aromatic carbocycles. The van der Waals surface area contributed by atoms with Crippen LogP contribution in [0.5, 0.6) is 0 Å². The lowest BCUT2D eigenvalue weighted by Gasteiger charge is -2.41. The normalized spacial score (nSPS) is 21.5. The molecule has 2 unspecified atom stereocenters. The second-order valence-corrected chi connectivity index (χ2v) is 9.89. The molecule has 1 amide bonds. The Labute approximate surface area is 225 Å². The number of rotatable bonds is 6. The van der Waals surface area contributed by atoms with Gasteiger partial charge in [0.05, 0.1) is 34.9 Å². The van der Waals surface area contributed by atoms with E-state index < -0.39 is 0 Å². The Balaban J connectivity index is 1.92. The number of carbonyl (C=O) groups is 1. The summed E-state index contributed by atoms with van der Waals surface area (Å²) in [6.45, 7) is 15.7. The summed E-state index contributed by atoms with van der Waals surface area (Å²) in [7, 11) is 1.75. The Morgan fingerprint density at radius 3 is 2.79 bits per heavy atom. The first-order valence-corrected chi connectivity index (χ1v) is 13.0. The summed E-state index contributed by atoms with van der Waals surface area (Å²) in [5.74, 6) is -0.389. The lowest BCUT2D eigenvalue weighted by molar-refractivity contribution is 0.0403. The fourth-order valence-electron chi connectivity index (χ4n) is 5.00. The second kappa shape index (κ2) is 11.6. The van der Waals surface area contributed by atoms with Gasteiger partial charge in [0.2, 0.25) is 0 Å². The molecule has 38 heavy (non-hydrogen) atoms. The van der Waals surface area contributed by atoms with Crippen molar-refractivity contribution in [3.8, 4) is 11.3 Å². The molecular formula is C30H38N6O2. The van der Waals surface area contributed by atoms with E-state index in [1.165, 1.54) is 0 Å². The molecule has 0 spiro atoms.